The van der Waals surface area contributed by atoms with E-state index >= 15 is 0 Å². The van der Waals surface area contributed by atoms with E-state index in [2.05, 4.69) is 12.2 Å². The van der Waals surface area contributed by atoms with Gasteiger partial charge in [0, 0.05) is 19.2 Å². The topological polar surface area (TPSA) is 49.4 Å². The molecule has 2 amide bonds. The van der Waals surface area contributed by atoms with Crippen LogP contribution in [0.2, 0.25) is 0 Å². The van der Waals surface area contributed by atoms with E-state index in [0.29, 0.717) is 17.9 Å². The third-order valence-electron chi connectivity index (χ3n) is 4.13. The molecule has 1 saturated heterocycles. The molecule has 0 bridgehead atoms. The first-order chi connectivity index (χ1) is 11.5. The molecular formula is C18H25FN2O2S. The van der Waals surface area contributed by atoms with Gasteiger partial charge in [-0.2, -0.15) is 0 Å². The number of carbonyl (C=O) groups excluding carboxylic acids is 2. The van der Waals surface area contributed by atoms with Crippen molar-refractivity contribution in [3.63, 3.8) is 0 Å². The third kappa shape index (κ3) is 4.72. The van der Waals surface area contributed by atoms with Gasteiger partial charge in [0.2, 0.25) is 11.8 Å². The van der Waals surface area contributed by atoms with E-state index in [1.165, 1.54) is 30.8 Å². The van der Waals surface area contributed by atoms with E-state index in [4.69, 9.17) is 0 Å². The van der Waals surface area contributed by atoms with Crippen molar-refractivity contribution in [3.8, 4) is 0 Å². The lowest BCUT2D eigenvalue weighted by molar-refractivity contribution is -0.138. The molecule has 1 fully saturated rings. The first-order valence-corrected chi connectivity index (χ1v) is 9.53. The first kappa shape index (κ1) is 18.8. The van der Waals surface area contributed by atoms with Crippen molar-refractivity contribution in [1.82, 2.24) is 10.2 Å². The summed E-state index contributed by atoms with van der Waals surface area (Å²) in [6, 6.07) is 5.74. The van der Waals surface area contributed by atoms with Crippen LogP contribution in [0.1, 0.15) is 50.5 Å². The molecule has 1 aromatic carbocycles. The Morgan fingerprint density at radius 2 is 2.12 bits per heavy atom. The fraction of sp³-hybridized carbons (Fsp3) is 0.556. The highest BCUT2D eigenvalue weighted by Crippen LogP contribution is 2.41. The first-order valence-electron chi connectivity index (χ1n) is 8.48. The van der Waals surface area contributed by atoms with Crippen molar-refractivity contribution in [2.24, 2.45) is 0 Å². The molecule has 1 aromatic rings. The minimum atomic E-state index is -0.494. The molecule has 132 valence electrons. The Morgan fingerprint density at radius 1 is 1.33 bits per heavy atom. The molecule has 1 heterocycles. The fourth-order valence-electron chi connectivity index (χ4n) is 2.89. The van der Waals surface area contributed by atoms with Crippen LogP contribution in [-0.4, -0.2) is 35.1 Å². The second-order valence-electron chi connectivity index (χ2n) is 6.03. The Bertz CT molecular complexity index is 582. The predicted molar refractivity (Wildman–Crippen MR) is 95.1 cm³/mol. The Balaban J connectivity index is 2.00. The summed E-state index contributed by atoms with van der Waals surface area (Å²) in [5, 5.41) is 2.62. The molecule has 2 atom stereocenters. The molecule has 1 N–H and O–H groups in total. The van der Waals surface area contributed by atoms with Crippen molar-refractivity contribution >= 4 is 23.6 Å². The molecular weight excluding hydrogens is 327 g/mol. The molecule has 1 aliphatic heterocycles. The number of carbonyl (C=O) groups is 2. The summed E-state index contributed by atoms with van der Waals surface area (Å²) in [5.74, 6) is -0.0874. The van der Waals surface area contributed by atoms with Crippen molar-refractivity contribution < 1.29 is 14.0 Å². The molecule has 0 radical (unpaired) electrons. The van der Waals surface area contributed by atoms with Gasteiger partial charge < -0.3 is 10.2 Å². The summed E-state index contributed by atoms with van der Waals surface area (Å²) >= 11 is 1.50. The number of amides is 2. The summed E-state index contributed by atoms with van der Waals surface area (Å²) in [4.78, 5) is 26.1. The average molecular weight is 352 g/mol. The smallest absolute Gasteiger partial charge is 0.243 e. The lowest BCUT2D eigenvalue weighted by Crippen LogP contribution is -2.47. The fourth-order valence-corrected chi connectivity index (χ4v) is 4.36. The normalized spacial score (nSPS) is 20.2. The molecule has 1 aliphatic rings. The van der Waals surface area contributed by atoms with Crippen LogP contribution in [0.5, 0.6) is 0 Å². The Labute approximate surface area is 147 Å². The number of thioether (sulfide) groups is 1. The van der Waals surface area contributed by atoms with Gasteiger partial charge in [-0.25, -0.2) is 4.39 Å². The van der Waals surface area contributed by atoms with Crippen LogP contribution < -0.4 is 5.32 Å². The van der Waals surface area contributed by atoms with E-state index in [9.17, 15) is 14.0 Å². The monoisotopic (exact) mass is 352 g/mol. The number of nitrogens with zero attached hydrogens (tertiary/aromatic N) is 1. The summed E-state index contributed by atoms with van der Waals surface area (Å²) in [6.07, 6.45) is 4.36. The molecule has 0 spiro atoms. The van der Waals surface area contributed by atoms with Gasteiger partial charge in [0.1, 0.15) is 17.2 Å². The second kappa shape index (κ2) is 9.06. The number of rotatable bonds is 7. The molecule has 0 aliphatic carbocycles. The quantitative estimate of drug-likeness (QED) is 0.764. The zero-order chi connectivity index (χ0) is 17.5. The van der Waals surface area contributed by atoms with E-state index in [1.54, 1.807) is 17.0 Å². The Morgan fingerprint density at radius 3 is 2.79 bits per heavy atom. The molecule has 24 heavy (non-hydrogen) atoms. The van der Waals surface area contributed by atoms with Crippen molar-refractivity contribution in [2.45, 2.75) is 50.9 Å². The highest BCUT2D eigenvalue weighted by atomic mass is 32.2. The zero-order valence-electron chi connectivity index (χ0n) is 14.3. The van der Waals surface area contributed by atoms with Crippen LogP contribution in [0.25, 0.3) is 0 Å². The lowest BCUT2D eigenvalue weighted by atomic mass is 10.1. The maximum absolute atomic E-state index is 13.5. The SMILES string of the molecule is CCCCCCNC(=O)[C@H]1CS[C@H](c2cccc(F)c2)N1C(C)=O. The van der Waals surface area contributed by atoms with Gasteiger partial charge in [0.05, 0.1) is 0 Å². The van der Waals surface area contributed by atoms with Gasteiger partial charge in [-0.3, -0.25) is 9.59 Å². The zero-order valence-corrected chi connectivity index (χ0v) is 15.1. The standard InChI is InChI=1S/C18H25FN2O2S/c1-3-4-5-6-10-20-17(23)16-12-24-18(21(16)13(2)22)14-8-7-9-15(19)11-14/h7-9,11,16,18H,3-6,10,12H2,1-2H3,(H,20,23)/t16-,18-/m1/s1. The van der Waals surface area contributed by atoms with Crippen LogP contribution in [-0.2, 0) is 9.59 Å². The maximum Gasteiger partial charge on any atom is 0.243 e. The molecule has 0 unspecified atom stereocenters. The third-order valence-corrected chi connectivity index (χ3v) is 5.45. The van der Waals surface area contributed by atoms with Crippen molar-refractivity contribution in [3.05, 3.63) is 35.6 Å². The number of unbranched alkanes of at least 4 members (excludes halogenated alkanes) is 3. The summed E-state index contributed by atoms with van der Waals surface area (Å²) < 4.78 is 13.5. The predicted octanol–water partition coefficient (Wildman–Crippen LogP) is 3.48. The van der Waals surface area contributed by atoms with E-state index in [1.807, 2.05) is 0 Å². The average Bonchev–Trinajstić information content (AvgIpc) is 3.00. The number of nitrogens with one attached hydrogen (secondary N) is 1. The molecule has 6 heteroatoms. The van der Waals surface area contributed by atoms with Gasteiger partial charge in [0.25, 0.3) is 0 Å². The van der Waals surface area contributed by atoms with E-state index < -0.39 is 6.04 Å². The van der Waals surface area contributed by atoms with E-state index in [0.717, 1.165) is 25.7 Å². The van der Waals surface area contributed by atoms with Crippen LogP contribution in [0, 0.1) is 5.82 Å². The Hall–Kier alpha value is -1.56. The number of hydrogen-bond acceptors (Lipinski definition) is 3. The highest BCUT2D eigenvalue weighted by Gasteiger charge is 2.40. The van der Waals surface area contributed by atoms with Crippen molar-refractivity contribution in [2.75, 3.05) is 12.3 Å². The van der Waals surface area contributed by atoms with Crippen LogP contribution in [0.4, 0.5) is 4.39 Å². The molecule has 0 saturated carbocycles. The minimum absolute atomic E-state index is 0.117. The number of benzene rings is 1. The summed E-state index contributed by atoms with van der Waals surface area (Å²) in [5.41, 5.74) is 0.716. The Kier molecular flexibility index (Phi) is 7.09. The second-order valence-corrected chi connectivity index (χ2v) is 7.15. The lowest BCUT2D eigenvalue weighted by Gasteiger charge is -2.28. The highest BCUT2D eigenvalue weighted by molar-refractivity contribution is 7.99. The van der Waals surface area contributed by atoms with Gasteiger partial charge in [-0.1, -0.05) is 38.3 Å². The number of hydrogen-bond donors (Lipinski definition) is 1. The van der Waals surface area contributed by atoms with Crippen LogP contribution in [0.15, 0.2) is 24.3 Å². The maximum atomic E-state index is 13.5. The van der Waals surface area contributed by atoms with Gasteiger partial charge in [0.15, 0.2) is 0 Å². The van der Waals surface area contributed by atoms with Crippen molar-refractivity contribution in [1.29, 1.82) is 0 Å². The van der Waals surface area contributed by atoms with Gasteiger partial charge in [-0.15, -0.1) is 11.8 Å². The van der Waals surface area contributed by atoms with Gasteiger partial charge >= 0.3 is 0 Å². The summed E-state index contributed by atoms with van der Waals surface area (Å²) in [6.45, 7) is 4.24. The molecule has 2 rings (SSSR count). The molecule has 4 nitrogen and oxygen atoms in total. The minimum Gasteiger partial charge on any atom is -0.354 e. The van der Waals surface area contributed by atoms with Crippen LogP contribution in [0.3, 0.4) is 0 Å². The number of halogens is 1. The summed E-state index contributed by atoms with van der Waals surface area (Å²) in [7, 11) is 0. The largest absolute Gasteiger partial charge is 0.354 e. The van der Waals surface area contributed by atoms with Crippen LogP contribution >= 0.6 is 11.8 Å². The van der Waals surface area contributed by atoms with E-state index in [-0.39, 0.29) is 23.0 Å². The van der Waals surface area contributed by atoms with Gasteiger partial charge in [-0.05, 0) is 24.1 Å². The molecule has 0 aromatic heterocycles.